The molecule has 24 heavy (non-hydrogen) atoms. The smallest absolute Gasteiger partial charge is 0.274 e. The first-order valence-corrected chi connectivity index (χ1v) is 8.31. The summed E-state index contributed by atoms with van der Waals surface area (Å²) in [4.78, 5) is 16.8. The third-order valence-corrected chi connectivity index (χ3v) is 5.31. The zero-order valence-corrected chi connectivity index (χ0v) is 13.6. The number of hydrogen-bond acceptors (Lipinski definition) is 6. The summed E-state index contributed by atoms with van der Waals surface area (Å²) in [6.45, 7) is 1.58. The normalized spacial score (nSPS) is 25.5. The van der Waals surface area contributed by atoms with Gasteiger partial charge in [0.25, 0.3) is 5.91 Å². The Morgan fingerprint density at radius 1 is 1.12 bits per heavy atom. The lowest BCUT2D eigenvalue weighted by Gasteiger charge is -2.30. The Morgan fingerprint density at radius 2 is 1.92 bits per heavy atom. The van der Waals surface area contributed by atoms with Gasteiger partial charge in [-0.05, 0) is 43.0 Å². The molecule has 2 fully saturated rings. The van der Waals surface area contributed by atoms with Crippen molar-refractivity contribution in [1.29, 1.82) is 0 Å². The molecule has 2 aliphatic rings. The molecule has 0 aromatic carbocycles. The van der Waals surface area contributed by atoms with Crippen molar-refractivity contribution in [3.05, 3.63) is 42.4 Å². The first kappa shape index (κ1) is 15.0. The Kier molecular flexibility index (Phi) is 3.84. The molecule has 0 unspecified atom stereocenters. The molecule has 0 spiro atoms. The highest BCUT2D eigenvalue weighted by Crippen LogP contribution is 2.41. The van der Waals surface area contributed by atoms with Crippen LogP contribution in [0, 0.1) is 11.8 Å². The van der Waals surface area contributed by atoms with Gasteiger partial charge in [-0.2, -0.15) is 10.2 Å². The topological polar surface area (TPSA) is 75.1 Å². The van der Waals surface area contributed by atoms with Gasteiger partial charge < -0.3 is 9.80 Å². The molecular formula is C17H20N6O. The number of anilines is 1. The maximum atomic E-state index is 12.6. The van der Waals surface area contributed by atoms with Gasteiger partial charge in [-0.1, -0.05) is 0 Å². The lowest BCUT2D eigenvalue weighted by Crippen LogP contribution is -2.39. The fourth-order valence-electron chi connectivity index (χ4n) is 4.11. The van der Waals surface area contributed by atoms with E-state index in [0.717, 1.165) is 31.7 Å². The van der Waals surface area contributed by atoms with Crippen LogP contribution in [0.5, 0.6) is 0 Å². The quantitative estimate of drug-likeness (QED) is 0.846. The summed E-state index contributed by atoms with van der Waals surface area (Å²) in [6, 6.07) is 7.77. The molecule has 2 aromatic rings. The second-order valence-electron chi connectivity index (χ2n) is 6.58. The molecule has 1 saturated heterocycles. The van der Waals surface area contributed by atoms with Crippen molar-refractivity contribution in [2.75, 3.05) is 25.0 Å². The maximum Gasteiger partial charge on any atom is 0.274 e. The Hall–Kier alpha value is -2.57. The molecule has 1 amide bonds. The number of amides is 1. The van der Waals surface area contributed by atoms with Gasteiger partial charge in [-0.15, -0.1) is 10.2 Å². The van der Waals surface area contributed by atoms with Crippen molar-refractivity contribution < 1.29 is 4.79 Å². The lowest BCUT2D eigenvalue weighted by atomic mass is 9.97. The van der Waals surface area contributed by atoms with Gasteiger partial charge in [-0.3, -0.25) is 4.79 Å². The monoisotopic (exact) mass is 324 g/mol. The van der Waals surface area contributed by atoms with Gasteiger partial charge in [0.2, 0.25) is 0 Å². The summed E-state index contributed by atoms with van der Waals surface area (Å²) in [5.41, 5.74) is 0.427. The predicted molar refractivity (Wildman–Crippen MR) is 88.4 cm³/mol. The number of carbonyl (C=O) groups excluding carboxylic acids is 1. The van der Waals surface area contributed by atoms with Crippen molar-refractivity contribution >= 4 is 11.7 Å². The van der Waals surface area contributed by atoms with Gasteiger partial charge in [0.05, 0.1) is 0 Å². The van der Waals surface area contributed by atoms with Crippen molar-refractivity contribution in [3.8, 4) is 0 Å². The van der Waals surface area contributed by atoms with Gasteiger partial charge in [0.15, 0.2) is 11.5 Å². The fourth-order valence-corrected chi connectivity index (χ4v) is 4.11. The van der Waals surface area contributed by atoms with Crippen LogP contribution in [0.3, 0.4) is 0 Å². The van der Waals surface area contributed by atoms with E-state index in [2.05, 4.69) is 32.3 Å². The number of nitrogens with zero attached hydrogens (tertiary/aromatic N) is 6. The van der Waals surface area contributed by atoms with E-state index in [0.29, 0.717) is 23.6 Å². The van der Waals surface area contributed by atoms with Gasteiger partial charge in [0, 0.05) is 44.5 Å². The Balaban J connectivity index is 1.48. The molecule has 4 rings (SSSR count). The van der Waals surface area contributed by atoms with Crippen LogP contribution in [0.2, 0.25) is 0 Å². The number of fused-ring (bicyclic) bond motifs is 1. The molecule has 0 N–H and O–H groups in total. The molecule has 2 aromatic heterocycles. The Bertz CT molecular complexity index is 710. The zero-order valence-electron chi connectivity index (χ0n) is 13.6. The number of aromatic nitrogens is 4. The molecule has 0 radical (unpaired) electrons. The van der Waals surface area contributed by atoms with Crippen LogP contribution in [0.15, 0.2) is 36.7 Å². The van der Waals surface area contributed by atoms with E-state index in [9.17, 15) is 4.79 Å². The standard InChI is InChI=1S/C17H20N6O/c1-22(16-5-3-9-19-21-16)15-7-6-12-10-23(11-13(12)15)17(24)14-4-2-8-18-20-14/h2-5,8-9,12-13,15H,6-7,10-11H2,1H3/t12-,13+,15-/m1/s1. The number of likely N-dealkylation sites (tertiary alicyclic amines) is 1. The van der Waals surface area contributed by atoms with Crippen molar-refractivity contribution in [1.82, 2.24) is 25.3 Å². The van der Waals surface area contributed by atoms with E-state index in [1.54, 1.807) is 24.5 Å². The molecule has 124 valence electrons. The van der Waals surface area contributed by atoms with E-state index in [4.69, 9.17) is 0 Å². The zero-order chi connectivity index (χ0) is 16.5. The van der Waals surface area contributed by atoms with Gasteiger partial charge in [0.1, 0.15) is 0 Å². The second-order valence-corrected chi connectivity index (χ2v) is 6.58. The summed E-state index contributed by atoms with van der Waals surface area (Å²) in [5.74, 6) is 1.90. The van der Waals surface area contributed by atoms with Crippen molar-refractivity contribution in [2.45, 2.75) is 18.9 Å². The largest absolute Gasteiger partial charge is 0.355 e. The highest BCUT2D eigenvalue weighted by Gasteiger charge is 2.46. The van der Waals surface area contributed by atoms with Crippen molar-refractivity contribution in [2.24, 2.45) is 11.8 Å². The summed E-state index contributed by atoms with van der Waals surface area (Å²) in [5, 5.41) is 16.0. The van der Waals surface area contributed by atoms with Gasteiger partial charge >= 0.3 is 0 Å². The number of carbonyl (C=O) groups is 1. The van der Waals surface area contributed by atoms with Crippen LogP contribution in [0.25, 0.3) is 0 Å². The summed E-state index contributed by atoms with van der Waals surface area (Å²) >= 11 is 0. The number of rotatable bonds is 3. The van der Waals surface area contributed by atoms with E-state index in [-0.39, 0.29) is 5.91 Å². The average molecular weight is 324 g/mol. The molecule has 0 bridgehead atoms. The average Bonchev–Trinajstić information content (AvgIpc) is 3.22. The summed E-state index contributed by atoms with van der Waals surface area (Å²) in [6.07, 6.45) is 5.55. The van der Waals surface area contributed by atoms with Crippen LogP contribution < -0.4 is 4.90 Å². The minimum Gasteiger partial charge on any atom is -0.355 e. The lowest BCUT2D eigenvalue weighted by molar-refractivity contribution is 0.0772. The predicted octanol–water partition coefficient (Wildman–Crippen LogP) is 1.25. The maximum absolute atomic E-state index is 12.6. The van der Waals surface area contributed by atoms with E-state index in [1.165, 1.54) is 0 Å². The summed E-state index contributed by atoms with van der Waals surface area (Å²) in [7, 11) is 2.07. The first-order valence-electron chi connectivity index (χ1n) is 8.31. The molecule has 1 aliphatic carbocycles. The van der Waals surface area contributed by atoms with Crippen LogP contribution >= 0.6 is 0 Å². The van der Waals surface area contributed by atoms with Crippen molar-refractivity contribution in [3.63, 3.8) is 0 Å². The first-order chi connectivity index (χ1) is 11.7. The SMILES string of the molecule is CN(c1cccnn1)[C@@H]1CC[C@@H]2CN(C(=O)c3cccnn3)C[C@@H]21. The van der Waals surface area contributed by atoms with E-state index in [1.807, 2.05) is 17.0 Å². The van der Waals surface area contributed by atoms with Crippen LogP contribution in [-0.2, 0) is 0 Å². The highest BCUT2D eigenvalue weighted by atomic mass is 16.2. The fraction of sp³-hybridized carbons (Fsp3) is 0.471. The highest BCUT2D eigenvalue weighted by molar-refractivity contribution is 5.92. The molecule has 1 aliphatic heterocycles. The second kappa shape index (κ2) is 6.14. The Morgan fingerprint density at radius 3 is 2.62 bits per heavy atom. The Labute approximate surface area is 140 Å². The molecule has 3 heterocycles. The molecule has 7 heteroatoms. The minimum absolute atomic E-state index is 0.0154. The number of hydrogen-bond donors (Lipinski definition) is 0. The molecular weight excluding hydrogens is 304 g/mol. The van der Waals surface area contributed by atoms with E-state index < -0.39 is 0 Å². The third-order valence-electron chi connectivity index (χ3n) is 5.31. The minimum atomic E-state index is -0.0154. The van der Waals surface area contributed by atoms with E-state index >= 15 is 0 Å². The molecule has 3 atom stereocenters. The molecule has 7 nitrogen and oxygen atoms in total. The van der Waals surface area contributed by atoms with Gasteiger partial charge in [-0.25, -0.2) is 0 Å². The third kappa shape index (κ3) is 2.60. The van der Waals surface area contributed by atoms with Crippen LogP contribution in [0.4, 0.5) is 5.82 Å². The molecule has 1 saturated carbocycles. The van der Waals surface area contributed by atoms with Crippen LogP contribution in [0.1, 0.15) is 23.3 Å². The van der Waals surface area contributed by atoms with Crippen LogP contribution in [-0.4, -0.2) is 57.4 Å². The summed E-state index contributed by atoms with van der Waals surface area (Å²) < 4.78 is 0.